The number of hydrogen-bond donors (Lipinski definition) is 2. The van der Waals surface area contributed by atoms with Gasteiger partial charge in [0.25, 0.3) is 11.6 Å². The van der Waals surface area contributed by atoms with Crippen LogP contribution in [-0.4, -0.2) is 30.9 Å². The predicted octanol–water partition coefficient (Wildman–Crippen LogP) is 5.59. The van der Waals surface area contributed by atoms with Gasteiger partial charge in [0, 0.05) is 23.4 Å². The molecule has 0 saturated heterocycles. The first kappa shape index (κ1) is 24.8. The lowest BCUT2D eigenvalue weighted by atomic mass is 10.1. The minimum atomic E-state index is -0.556. The molecule has 2 heterocycles. The molecule has 0 atom stereocenters. The summed E-state index contributed by atoms with van der Waals surface area (Å²) in [6, 6.07) is 20.8. The predicted molar refractivity (Wildman–Crippen MR) is 147 cm³/mol. The summed E-state index contributed by atoms with van der Waals surface area (Å²) < 4.78 is 5.61. The molecule has 0 fully saturated rings. The molecule has 1 amide bonds. The summed E-state index contributed by atoms with van der Waals surface area (Å²) in [6.07, 6.45) is 0.957. The number of nitrogens with one attached hydrogen (secondary N) is 2. The number of rotatable bonds is 6. The number of nitro benzene ring substituents is 1. The number of non-ortho nitro benzene ring substituents is 1. The molecule has 5 aromatic rings. The fraction of sp³-hybridized carbons (Fsp3) is 0.111. The highest BCUT2D eigenvalue weighted by atomic mass is 32.1. The van der Waals surface area contributed by atoms with E-state index in [1.165, 1.54) is 23.8 Å². The summed E-state index contributed by atoms with van der Waals surface area (Å²) in [5.74, 6) is -0.217. The number of nitrogens with zero attached hydrogens (tertiary/aromatic N) is 4. The molecule has 3 aromatic carbocycles. The van der Waals surface area contributed by atoms with Crippen LogP contribution in [-0.2, 0) is 6.42 Å². The number of hydrogen-bond acceptors (Lipinski definition) is 7. The van der Waals surface area contributed by atoms with E-state index in [1.807, 2.05) is 43.3 Å². The number of furan rings is 1. The number of aryl methyl sites for hydroxylation is 2. The Labute approximate surface area is 222 Å². The Balaban J connectivity index is 1.28. The number of benzene rings is 3. The molecule has 0 spiro atoms. The number of aromatic nitrogens is 3. The number of carbonyl (C=O) groups excluding carboxylic acids is 1. The van der Waals surface area contributed by atoms with E-state index in [1.54, 1.807) is 23.0 Å². The van der Waals surface area contributed by atoms with Gasteiger partial charge in [-0.25, -0.2) is 0 Å². The standard InChI is InChI=1S/C27H22N6O4S/c1-3-17-7-9-19(10-8-17)32-30-22-13-16(2)21(15-23(22)31-32)28-27(38)29-26(34)25-12-11-24(37-25)18-5-4-6-20(14-18)33(35)36/h4-15H,3H2,1-2H3,(H2,28,29,34,38). The molecule has 0 radical (unpaired) electrons. The number of thiocarbonyl (C=S) groups is 1. The van der Waals surface area contributed by atoms with Crippen molar-refractivity contribution in [2.24, 2.45) is 0 Å². The molecule has 38 heavy (non-hydrogen) atoms. The Morgan fingerprint density at radius 1 is 1.05 bits per heavy atom. The van der Waals surface area contributed by atoms with Crippen molar-refractivity contribution < 1.29 is 14.1 Å². The number of carbonyl (C=O) groups is 1. The molecule has 10 nitrogen and oxygen atoms in total. The lowest BCUT2D eigenvalue weighted by Gasteiger charge is -2.10. The van der Waals surface area contributed by atoms with Gasteiger partial charge in [0.15, 0.2) is 10.9 Å². The number of amides is 1. The maximum Gasteiger partial charge on any atom is 0.293 e. The topological polar surface area (TPSA) is 128 Å². The molecule has 0 bridgehead atoms. The second kappa shape index (κ2) is 10.2. The van der Waals surface area contributed by atoms with Crippen LogP contribution in [0.25, 0.3) is 28.0 Å². The Morgan fingerprint density at radius 2 is 1.79 bits per heavy atom. The largest absolute Gasteiger partial charge is 0.451 e. The maximum atomic E-state index is 12.7. The van der Waals surface area contributed by atoms with E-state index in [0.29, 0.717) is 22.5 Å². The van der Waals surface area contributed by atoms with Gasteiger partial charge in [-0.1, -0.05) is 31.2 Å². The fourth-order valence-electron chi connectivity index (χ4n) is 3.89. The van der Waals surface area contributed by atoms with E-state index >= 15 is 0 Å². The summed E-state index contributed by atoms with van der Waals surface area (Å²) in [4.78, 5) is 24.8. The second-order valence-electron chi connectivity index (χ2n) is 8.54. The smallest absolute Gasteiger partial charge is 0.293 e. The molecular weight excluding hydrogens is 504 g/mol. The van der Waals surface area contributed by atoms with Gasteiger partial charge < -0.3 is 9.73 Å². The van der Waals surface area contributed by atoms with E-state index in [9.17, 15) is 14.9 Å². The number of nitro groups is 1. The van der Waals surface area contributed by atoms with Gasteiger partial charge in [0.05, 0.1) is 10.6 Å². The zero-order valence-electron chi connectivity index (χ0n) is 20.5. The maximum absolute atomic E-state index is 12.7. The third kappa shape index (κ3) is 5.13. The van der Waals surface area contributed by atoms with E-state index in [0.717, 1.165) is 23.2 Å². The highest BCUT2D eigenvalue weighted by molar-refractivity contribution is 7.80. The van der Waals surface area contributed by atoms with Gasteiger partial charge in [-0.05, 0) is 73.1 Å². The molecule has 190 valence electrons. The van der Waals surface area contributed by atoms with Crippen molar-refractivity contribution in [2.75, 3.05) is 5.32 Å². The quantitative estimate of drug-likeness (QED) is 0.167. The van der Waals surface area contributed by atoms with Crippen LogP contribution in [0, 0.1) is 17.0 Å². The van der Waals surface area contributed by atoms with Crippen molar-refractivity contribution >= 4 is 45.6 Å². The monoisotopic (exact) mass is 526 g/mol. The normalized spacial score (nSPS) is 10.9. The number of fused-ring (bicyclic) bond motifs is 1. The first-order chi connectivity index (χ1) is 18.3. The molecule has 11 heteroatoms. The van der Waals surface area contributed by atoms with Crippen LogP contribution in [0.5, 0.6) is 0 Å². The lowest BCUT2D eigenvalue weighted by Crippen LogP contribution is -2.34. The highest BCUT2D eigenvalue weighted by Crippen LogP contribution is 2.26. The van der Waals surface area contributed by atoms with Gasteiger partial charge in [-0.15, -0.1) is 10.2 Å². The second-order valence-corrected chi connectivity index (χ2v) is 8.95. The van der Waals surface area contributed by atoms with Gasteiger partial charge >= 0.3 is 0 Å². The van der Waals surface area contributed by atoms with Crippen molar-refractivity contribution in [3.05, 3.63) is 99.8 Å². The Kier molecular flexibility index (Phi) is 6.67. The fourth-order valence-corrected chi connectivity index (χ4v) is 4.09. The van der Waals surface area contributed by atoms with Crippen molar-refractivity contribution in [1.29, 1.82) is 0 Å². The summed E-state index contributed by atoms with van der Waals surface area (Å²) in [5.41, 5.74) is 5.44. The average molecular weight is 527 g/mol. The average Bonchev–Trinajstić information content (AvgIpc) is 3.57. The summed E-state index contributed by atoms with van der Waals surface area (Å²) in [6.45, 7) is 4.01. The van der Waals surface area contributed by atoms with Gasteiger partial charge in [-0.3, -0.25) is 20.2 Å². The number of anilines is 1. The van der Waals surface area contributed by atoms with Crippen molar-refractivity contribution in [1.82, 2.24) is 20.3 Å². The molecular formula is C27H22N6O4S. The zero-order chi connectivity index (χ0) is 26.8. The molecule has 5 rings (SSSR count). The molecule has 0 aliphatic heterocycles. The minimum absolute atomic E-state index is 0.0138. The first-order valence-corrected chi connectivity index (χ1v) is 12.2. The van der Waals surface area contributed by atoms with Crippen LogP contribution in [0.1, 0.15) is 28.6 Å². The Morgan fingerprint density at radius 3 is 2.50 bits per heavy atom. The van der Waals surface area contributed by atoms with Crippen LogP contribution in [0.2, 0.25) is 0 Å². The zero-order valence-corrected chi connectivity index (χ0v) is 21.3. The molecule has 0 saturated carbocycles. The Hall–Kier alpha value is -4.90. The molecule has 0 aliphatic rings. The van der Waals surface area contributed by atoms with Crippen LogP contribution in [0.3, 0.4) is 0 Å². The van der Waals surface area contributed by atoms with E-state index in [2.05, 4.69) is 27.8 Å². The van der Waals surface area contributed by atoms with Crippen molar-refractivity contribution in [3.8, 4) is 17.0 Å². The van der Waals surface area contributed by atoms with Crippen LogP contribution >= 0.6 is 12.2 Å². The molecule has 0 aliphatic carbocycles. The molecule has 2 aromatic heterocycles. The van der Waals surface area contributed by atoms with E-state index in [-0.39, 0.29) is 16.6 Å². The molecule has 2 N–H and O–H groups in total. The highest BCUT2D eigenvalue weighted by Gasteiger charge is 2.16. The summed E-state index contributed by atoms with van der Waals surface area (Å²) in [7, 11) is 0. The van der Waals surface area contributed by atoms with Gasteiger partial charge in [0.1, 0.15) is 16.8 Å². The van der Waals surface area contributed by atoms with Gasteiger partial charge in [0.2, 0.25) is 0 Å². The van der Waals surface area contributed by atoms with E-state index in [4.69, 9.17) is 16.6 Å². The van der Waals surface area contributed by atoms with Crippen molar-refractivity contribution in [3.63, 3.8) is 0 Å². The lowest BCUT2D eigenvalue weighted by molar-refractivity contribution is -0.384. The summed E-state index contributed by atoms with van der Waals surface area (Å²) in [5, 5.41) is 25.9. The molecule has 0 unspecified atom stereocenters. The third-order valence-corrected chi connectivity index (χ3v) is 6.15. The summed E-state index contributed by atoms with van der Waals surface area (Å²) >= 11 is 5.35. The van der Waals surface area contributed by atoms with Gasteiger partial charge in [-0.2, -0.15) is 4.80 Å². The van der Waals surface area contributed by atoms with Crippen LogP contribution < -0.4 is 10.6 Å². The first-order valence-electron chi connectivity index (χ1n) is 11.7. The van der Waals surface area contributed by atoms with Crippen LogP contribution in [0.4, 0.5) is 11.4 Å². The third-order valence-electron chi connectivity index (χ3n) is 5.95. The van der Waals surface area contributed by atoms with Crippen molar-refractivity contribution in [2.45, 2.75) is 20.3 Å². The minimum Gasteiger partial charge on any atom is -0.451 e. The van der Waals surface area contributed by atoms with Crippen LogP contribution in [0.15, 0.2) is 77.2 Å². The SMILES string of the molecule is CCc1ccc(-n2nc3cc(C)c(NC(=S)NC(=O)c4ccc(-c5cccc([N+](=O)[O-])c5)o4)cc3n2)cc1. The van der Waals surface area contributed by atoms with E-state index < -0.39 is 10.8 Å². The Bertz CT molecular complexity index is 1690.